The number of hydrogen-bond donors (Lipinski definition) is 2. The lowest BCUT2D eigenvalue weighted by Crippen LogP contribution is -2.44. The van der Waals surface area contributed by atoms with Crippen molar-refractivity contribution in [1.29, 1.82) is 0 Å². The third-order valence-corrected chi connectivity index (χ3v) is 6.37. The number of benzene rings is 3. The molecule has 3 aromatic carbocycles. The molecule has 1 fully saturated rings. The van der Waals surface area contributed by atoms with Crippen molar-refractivity contribution in [3.8, 4) is 0 Å². The Bertz CT molecular complexity index is 1100. The molecular formula is C25H22N2O3. The Labute approximate surface area is 175 Å². The summed E-state index contributed by atoms with van der Waals surface area (Å²) in [7, 11) is 1.39. The van der Waals surface area contributed by atoms with Crippen LogP contribution in [0, 0.1) is 0 Å². The van der Waals surface area contributed by atoms with E-state index in [2.05, 4.69) is 10.6 Å². The van der Waals surface area contributed by atoms with Crippen LogP contribution in [0.4, 0.5) is 5.69 Å². The molecule has 2 aliphatic heterocycles. The third kappa shape index (κ3) is 2.52. The van der Waals surface area contributed by atoms with Crippen LogP contribution in [0.25, 0.3) is 0 Å². The maximum atomic E-state index is 13.8. The Balaban J connectivity index is 1.82. The summed E-state index contributed by atoms with van der Waals surface area (Å²) in [4.78, 5) is 26.7. The standard InChI is InChI=1S/C25H22N2O3/c1-30-23(28)21-20(16-10-4-2-5-11-16)25(22(27-21)17-12-6-3-7-13-17)18-14-8-9-15-19(18)26-24(25)29/h2-15,20-22,27H,1H3,(H,26,29)/t20-,21+,22+,25+/m0/s1. The first kappa shape index (κ1) is 18.6. The van der Waals surface area contributed by atoms with Gasteiger partial charge in [0, 0.05) is 11.6 Å². The van der Waals surface area contributed by atoms with Crippen molar-refractivity contribution in [2.75, 3.05) is 12.4 Å². The minimum Gasteiger partial charge on any atom is -0.468 e. The first-order valence-corrected chi connectivity index (χ1v) is 10.0. The zero-order chi connectivity index (χ0) is 20.7. The molecule has 0 bridgehead atoms. The number of para-hydroxylation sites is 1. The summed E-state index contributed by atoms with van der Waals surface area (Å²) < 4.78 is 5.16. The number of anilines is 1. The largest absolute Gasteiger partial charge is 0.468 e. The van der Waals surface area contributed by atoms with Gasteiger partial charge in [0.25, 0.3) is 0 Å². The predicted octanol–water partition coefficient (Wildman–Crippen LogP) is 3.55. The van der Waals surface area contributed by atoms with Crippen molar-refractivity contribution in [3.05, 3.63) is 102 Å². The van der Waals surface area contributed by atoms with Gasteiger partial charge in [0.15, 0.2) is 0 Å². The normalized spacial score (nSPS) is 27.0. The highest BCUT2D eigenvalue weighted by molar-refractivity contribution is 6.09. The van der Waals surface area contributed by atoms with E-state index in [1.807, 2.05) is 84.9 Å². The summed E-state index contributed by atoms with van der Waals surface area (Å²) in [5.74, 6) is -0.913. The molecule has 30 heavy (non-hydrogen) atoms. The second-order valence-corrected chi connectivity index (χ2v) is 7.77. The Morgan fingerprint density at radius 3 is 2.13 bits per heavy atom. The highest BCUT2D eigenvalue weighted by Gasteiger charge is 2.66. The van der Waals surface area contributed by atoms with Gasteiger partial charge < -0.3 is 10.1 Å². The lowest BCUT2D eigenvalue weighted by molar-refractivity contribution is -0.143. The van der Waals surface area contributed by atoms with E-state index in [0.29, 0.717) is 0 Å². The van der Waals surface area contributed by atoms with Gasteiger partial charge in [-0.15, -0.1) is 0 Å². The van der Waals surface area contributed by atoms with Gasteiger partial charge in [0.05, 0.1) is 13.2 Å². The van der Waals surface area contributed by atoms with Gasteiger partial charge in [-0.05, 0) is 22.8 Å². The number of carbonyl (C=O) groups excluding carboxylic acids is 2. The van der Waals surface area contributed by atoms with Crippen LogP contribution in [0.2, 0.25) is 0 Å². The molecule has 2 N–H and O–H groups in total. The Morgan fingerprint density at radius 2 is 1.47 bits per heavy atom. The third-order valence-electron chi connectivity index (χ3n) is 6.37. The summed E-state index contributed by atoms with van der Waals surface area (Å²) in [6.45, 7) is 0. The molecule has 1 saturated heterocycles. The molecule has 5 rings (SSSR count). The fraction of sp³-hybridized carbons (Fsp3) is 0.200. The first-order chi connectivity index (χ1) is 14.7. The average Bonchev–Trinajstić information content (AvgIpc) is 3.31. The maximum absolute atomic E-state index is 13.8. The van der Waals surface area contributed by atoms with Crippen molar-refractivity contribution in [2.45, 2.75) is 23.4 Å². The van der Waals surface area contributed by atoms with Crippen molar-refractivity contribution in [2.24, 2.45) is 0 Å². The minimum atomic E-state index is -0.988. The summed E-state index contributed by atoms with van der Waals surface area (Å²) in [6, 6.07) is 26.3. The molecule has 4 atom stereocenters. The van der Waals surface area contributed by atoms with Crippen LogP contribution in [-0.2, 0) is 19.7 Å². The monoisotopic (exact) mass is 398 g/mol. The lowest BCUT2D eigenvalue weighted by Gasteiger charge is -2.35. The average molecular weight is 398 g/mol. The second kappa shape index (κ2) is 7.11. The van der Waals surface area contributed by atoms with E-state index in [9.17, 15) is 9.59 Å². The van der Waals surface area contributed by atoms with Crippen LogP contribution >= 0.6 is 0 Å². The molecule has 0 radical (unpaired) electrons. The van der Waals surface area contributed by atoms with E-state index in [1.54, 1.807) is 0 Å². The van der Waals surface area contributed by atoms with Gasteiger partial charge in [0.1, 0.15) is 11.5 Å². The van der Waals surface area contributed by atoms with Crippen molar-refractivity contribution in [1.82, 2.24) is 5.32 Å². The van der Waals surface area contributed by atoms with Crippen molar-refractivity contribution in [3.63, 3.8) is 0 Å². The molecule has 2 heterocycles. The summed E-state index contributed by atoms with van der Waals surface area (Å²) >= 11 is 0. The quantitative estimate of drug-likeness (QED) is 0.662. The fourth-order valence-electron chi connectivity index (χ4n) is 5.20. The Kier molecular flexibility index (Phi) is 4.40. The predicted molar refractivity (Wildman–Crippen MR) is 114 cm³/mol. The molecule has 5 heteroatoms. The smallest absolute Gasteiger partial charge is 0.323 e. The number of esters is 1. The van der Waals surface area contributed by atoms with E-state index in [-0.39, 0.29) is 11.9 Å². The first-order valence-electron chi connectivity index (χ1n) is 10.0. The zero-order valence-corrected chi connectivity index (χ0v) is 16.5. The minimum absolute atomic E-state index is 0.106. The van der Waals surface area contributed by atoms with Crippen LogP contribution in [-0.4, -0.2) is 25.0 Å². The van der Waals surface area contributed by atoms with Gasteiger partial charge in [-0.1, -0.05) is 78.9 Å². The Morgan fingerprint density at radius 1 is 0.867 bits per heavy atom. The number of rotatable bonds is 3. The van der Waals surface area contributed by atoms with Crippen molar-refractivity contribution >= 4 is 17.6 Å². The summed E-state index contributed by atoms with van der Waals surface area (Å²) in [6.07, 6.45) is 0. The van der Waals surface area contributed by atoms with E-state index in [0.717, 1.165) is 22.4 Å². The number of nitrogens with one attached hydrogen (secondary N) is 2. The highest BCUT2D eigenvalue weighted by atomic mass is 16.5. The number of amides is 1. The molecule has 150 valence electrons. The molecule has 1 amide bonds. The number of hydrogen-bond acceptors (Lipinski definition) is 4. The molecule has 1 spiro atoms. The lowest BCUT2D eigenvalue weighted by atomic mass is 9.63. The maximum Gasteiger partial charge on any atom is 0.323 e. The van der Waals surface area contributed by atoms with Crippen LogP contribution in [0.15, 0.2) is 84.9 Å². The van der Waals surface area contributed by atoms with Gasteiger partial charge in [-0.3, -0.25) is 14.9 Å². The van der Waals surface area contributed by atoms with Gasteiger partial charge >= 0.3 is 5.97 Å². The van der Waals surface area contributed by atoms with E-state index in [4.69, 9.17) is 4.74 Å². The molecule has 0 aliphatic carbocycles. The number of methoxy groups -OCH3 is 1. The van der Waals surface area contributed by atoms with E-state index < -0.39 is 23.4 Å². The Hall–Kier alpha value is -3.44. The topological polar surface area (TPSA) is 67.4 Å². The highest BCUT2D eigenvalue weighted by Crippen LogP contribution is 2.59. The van der Waals surface area contributed by atoms with Gasteiger partial charge in [-0.2, -0.15) is 0 Å². The van der Waals surface area contributed by atoms with Crippen LogP contribution < -0.4 is 10.6 Å². The van der Waals surface area contributed by atoms with E-state index >= 15 is 0 Å². The zero-order valence-electron chi connectivity index (χ0n) is 16.5. The molecule has 0 aromatic heterocycles. The molecule has 0 unspecified atom stereocenters. The summed E-state index contributed by atoms with van der Waals surface area (Å²) in [5, 5.41) is 6.55. The van der Waals surface area contributed by atoms with Crippen LogP contribution in [0.3, 0.4) is 0 Å². The van der Waals surface area contributed by atoms with E-state index in [1.165, 1.54) is 7.11 Å². The molecule has 0 saturated carbocycles. The SMILES string of the molecule is COC(=O)[C@@H]1N[C@H](c2ccccc2)[C@]2(C(=O)Nc3ccccc32)[C@H]1c1ccccc1. The van der Waals surface area contributed by atoms with Gasteiger partial charge in [0.2, 0.25) is 5.91 Å². The second-order valence-electron chi connectivity index (χ2n) is 7.77. The van der Waals surface area contributed by atoms with Crippen molar-refractivity contribution < 1.29 is 14.3 Å². The molecular weight excluding hydrogens is 376 g/mol. The fourth-order valence-corrected chi connectivity index (χ4v) is 5.20. The number of carbonyl (C=O) groups is 2. The molecule has 2 aliphatic rings. The van der Waals surface area contributed by atoms with Gasteiger partial charge in [-0.25, -0.2) is 0 Å². The van der Waals surface area contributed by atoms with Crippen LogP contribution in [0.1, 0.15) is 28.7 Å². The van der Waals surface area contributed by atoms with Crippen LogP contribution in [0.5, 0.6) is 0 Å². The summed E-state index contributed by atoms with van der Waals surface area (Å²) in [5.41, 5.74) is 2.58. The molecule has 5 nitrogen and oxygen atoms in total. The number of ether oxygens (including phenoxy) is 1. The molecule has 3 aromatic rings. The number of fused-ring (bicyclic) bond motifs is 2.